The van der Waals surface area contributed by atoms with Gasteiger partial charge in [-0.3, -0.25) is 9.78 Å². The molecule has 0 unspecified atom stereocenters. The van der Waals surface area contributed by atoms with Crippen molar-refractivity contribution in [1.82, 2.24) is 4.98 Å². The van der Waals surface area contributed by atoms with Gasteiger partial charge in [-0.2, -0.15) is 0 Å². The highest BCUT2D eigenvalue weighted by molar-refractivity contribution is 8.75. The number of hydrogen-bond acceptors (Lipinski definition) is 5. The van der Waals surface area contributed by atoms with Crippen LogP contribution in [0.15, 0.2) is 29.4 Å². The molecule has 0 aliphatic rings. The largest absolute Gasteiger partial charge is 0.379 e. The summed E-state index contributed by atoms with van der Waals surface area (Å²) in [4.78, 5) is 15.6. The van der Waals surface area contributed by atoms with Crippen LogP contribution in [-0.4, -0.2) is 11.0 Å². The zero-order valence-electron chi connectivity index (χ0n) is 7.10. The van der Waals surface area contributed by atoms with E-state index in [1.54, 1.807) is 19.3 Å². The van der Waals surface area contributed by atoms with E-state index in [9.17, 15) is 4.79 Å². The first kappa shape index (κ1) is 10.4. The van der Waals surface area contributed by atoms with Crippen LogP contribution in [0.5, 0.6) is 0 Å². The third kappa shape index (κ3) is 4.19. The molecule has 0 aromatic carbocycles. The van der Waals surface area contributed by atoms with E-state index in [0.717, 1.165) is 16.0 Å². The Labute approximate surface area is 84.9 Å². The van der Waals surface area contributed by atoms with E-state index in [1.807, 2.05) is 12.1 Å². The minimum atomic E-state index is -0.207. The summed E-state index contributed by atoms with van der Waals surface area (Å²) >= 11 is 1.07. The fourth-order valence-electron chi connectivity index (χ4n) is 0.550. The Morgan fingerprint density at radius 2 is 2.54 bits per heavy atom. The second-order valence-corrected chi connectivity index (χ2v) is 4.00. The Balaban J connectivity index is 2.24. The molecule has 0 N–H and O–H groups in total. The molecule has 13 heavy (non-hydrogen) atoms. The average molecular weight is 215 g/mol. The number of carbonyl (C=O) groups is 1. The molecule has 0 amide bonds. The predicted molar refractivity (Wildman–Crippen MR) is 54.1 cm³/mol. The predicted octanol–water partition coefficient (Wildman–Crippen LogP) is 2.69. The van der Waals surface area contributed by atoms with Crippen molar-refractivity contribution in [2.75, 3.05) is 0 Å². The third-order valence-corrected chi connectivity index (χ3v) is 2.92. The van der Waals surface area contributed by atoms with Gasteiger partial charge in [0.2, 0.25) is 0 Å². The van der Waals surface area contributed by atoms with Gasteiger partial charge in [0.05, 0.1) is 0 Å². The van der Waals surface area contributed by atoms with Crippen LogP contribution in [0.3, 0.4) is 0 Å². The van der Waals surface area contributed by atoms with E-state index in [2.05, 4.69) is 4.98 Å². The summed E-state index contributed by atoms with van der Waals surface area (Å²) in [6, 6.07) is 3.75. The smallest absolute Gasteiger partial charge is 0.318 e. The van der Waals surface area contributed by atoms with Crippen LogP contribution in [-0.2, 0) is 8.98 Å². The first-order valence-electron chi connectivity index (χ1n) is 3.77. The summed E-state index contributed by atoms with van der Waals surface area (Å²) in [6.07, 6.45) is 3.82. The molecule has 3 nitrogen and oxygen atoms in total. The molecule has 0 spiro atoms. The van der Waals surface area contributed by atoms with Gasteiger partial charge >= 0.3 is 5.97 Å². The van der Waals surface area contributed by atoms with Crippen LogP contribution in [0.2, 0.25) is 0 Å². The van der Waals surface area contributed by atoms with Gasteiger partial charge in [-0.05, 0) is 22.9 Å². The number of nitrogens with zero attached hydrogens (tertiary/aromatic N) is 1. The maximum atomic E-state index is 10.7. The first-order chi connectivity index (χ1) is 6.33. The summed E-state index contributed by atoms with van der Waals surface area (Å²) in [5.41, 5.74) is 0. The fourth-order valence-corrected chi connectivity index (χ4v) is 1.96. The van der Waals surface area contributed by atoms with Crippen molar-refractivity contribution in [3.63, 3.8) is 0 Å². The molecule has 0 fully saturated rings. The molecule has 1 heterocycles. The van der Waals surface area contributed by atoms with Crippen molar-refractivity contribution in [2.45, 2.75) is 18.2 Å². The number of rotatable bonds is 4. The lowest BCUT2D eigenvalue weighted by Gasteiger charge is -1.98. The van der Waals surface area contributed by atoms with E-state index in [1.165, 1.54) is 10.8 Å². The van der Waals surface area contributed by atoms with Crippen molar-refractivity contribution in [1.29, 1.82) is 0 Å². The second-order valence-electron chi connectivity index (χ2n) is 2.15. The van der Waals surface area contributed by atoms with Gasteiger partial charge in [0.25, 0.3) is 0 Å². The highest BCUT2D eigenvalue weighted by Crippen LogP contribution is 2.30. The Hall–Kier alpha value is -0.680. The maximum absolute atomic E-state index is 10.7. The molecule has 1 aromatic heterocycles. The van der Waals surface area contributed by atoms with Gasteiger partial charge < -0.3 is 4.18 Å². The van der Waals surface area contributed by atoms with Crippen LogP contribution in [0.1, 0.15) is 13.3 Å². The topological polar surface area (TPSA) is 39.2 Å². The summed E-state index contributed by atoms with van der Waals surface area (Å²) in [5.74, 6) is -0.207. The van der Waals surface area contributed by atoms with Crippen molar-refractivity contribution in [3.8, 4) is 0 Å². The van der Waals surface area contributed by atoms with Crippen LogP contribution in [0.4, 0.5) is 0 Å². The fraction of sp³-hybridized carbons (Fsp3) is 0.250. The standard InChI is InChI=1S/C8H9NO2S2/c1-2-8(10)11-13-12-7-4-3-5-9-6-7/h3-6H,2H2,1H3. The summed E-state index contributed by atoms with van der Waals surface area (Å²) in [5, 5.41) is 0. The van der Waals surface area contributed by atoms with Gasteiger partial charge in [-0.1, -0.05) is 6.92 Å². The molecule has 5 heteroatoms. The molecule has 70 valence electrons. The molecule has 0 saturated carbocycles. The molecule has 1 aromatic rings. The zero-order valence-corrected chi connectivity index (χ0v) is 8.73. The number of carbonyl (C=O) groups excluding carboxylic acids is 1. The minimum Gasteiger partial charge on any atom is -0.379 e. The lowest BCUT2D eigenvalue weighted by molar-refractivity contribution is -0.132. The summed E-state index contributed by atoms with van der Waals surface area (Å²) in [7, 11) is 1.38. The molecule has 0 radical (unpaired) electrons. The quantitative estimate of drug-likeness (QED) is 0.570. The zero-order chi connectivity index (χ0) is 9.52. The van der Waals surface area contributed by atoms with Crippen molar-refractivity contribution in [2.24, 2.45) is 0 Å². The Bertz CT molecular complexity index is 266. The molecule has 0 aliphatic heterocycles. The number of hydrogen-bond donors (Lipinski definition) is 0. The Kier molecular flexibility index (Phi) is 4.70. The monoisotopic (exact) mass is 215 g/mol. The molecule has 0 atom stereocenters. The van der Waals surface area contributed by atoms with Crippen molar-refractivity contribution < 1.29 is 8.98 Å². The van der Waals surface area contributed by atoms with Crippen LogP contribution < -0.4 is 0 Å². The first-order valence-corrected chi connectivity index (χ1v) is 5.84. The molecule has 0 saturated heterocycles. The van der Waals surface area contributed by atoms with E-state index >= 15 is 0 Å². The normalized spacial score (nSPS) is 9.62. The van der Waals surface area contributed by atoms with E-state index in [0.29, 0.717) is 6.42 Å². The summed E-state index contributed by atoms with van der Waals surface area (Å²) < 4.78 is 4.81. The molecular formula is C8H9NO2S2. The lowest BCUT2D eigenvalue weighted by atomic mass is 10.5. The van der Waals surface area contributed by atoms with E-state index in [4.69, 9.17) is 4.18 Å². The van der Waals surface area contributed by atoms with Crippen LogP contribution in [0.25, 0.3) is 0 Å². The number of aromatic nitrogens is 1. The summed E-state index contributed by atoms with van der Waals surface area (Å²) in [6.45, 7) is 1.76. The molecule has 0 aliphatic carbocycles. The van der Waals surface area contributed by atoms with Gasteiger partial charge in [0.1, 0.15) is 11.1 Å². The van der Waals surface area contributed by atoms with Crippen molar-refractivity contribution in [3.05, 3.63) is 24.5 Å². The highest BCUT2D eigenvalue weighted by Gasteiger charge is 2.00. The Morgan fingerprint density at radius 3 is 3.15 bits per heavy atom. The Morgan fingerprint density at radius 1 is 1.69 bits per heavy atom. The molecule has 1 rings (SSSR count). The lowest BCUT2D eigenvalue weighted by Crippen LogP contribution is -1.93. The molecule has 0 bridgehead atoms. The number of pyridine rings is 1. The molecular weight excluding hydrogens is 206 g/mol. The maximum Gasteiger partial charge on any atom is 0.318 e. The third-order valence-electron chi connectivity index (χ3n) is 1.18. The van der Waals surface area contributed by atoms with Gasteiger partial charge in [0, 0.05) is 23.7 Å². The minimum absolute atomic E-state index is 0.207. The SMILES string of the molecule is CCC(=O)OSSc1cccnc1. The van der Waals surface area contributed by atoms with Gasteiger partial charge in [0.15, 0.2) is 0 Å². The van der Waals surface area contributed by atoms with E-state index < -0.39 is 0 Å². The van der Waals surface area contributed by atoms with Crippen LogP contribution in [0, 0.1) is 0 Å². The van der Waals surface area contributed by atoms with Crippen LogP contribution >= 0.6 is 21.9 Å². The van der Waals surface area contributed by atoms with E-state index in [-0.39, 0.29) is 5.97 Å². The second kappa shape index (κ2) is 5.88. The highest BCUT2D eigenvalue weighted by atomic mass is 33.1. The van der Waals surface area contributed by atoms with Crippen molar-refractivity contribution >= 4 is 27.8 Å². The van der Waals surface area contributed by atoms with Gasteiger partial charge in [-0.25, -0.2) is 0 Å². The average Bonchev–Trinajstić information content (AvgIpc) is 2.19. The van der Waals surface area contributed by atoms with Gasteiger partial charge in [-0.15, -0.1) is 0 Å².